The molecule has 1 amide bonds. The fourth-order valence-corrected chi connectivity index (χ4v) is 3.94. The number of aromatic nitrogens is 2. The van der Waals surface area contributed by atoms with Crippen molar-refractivity contribution in [1.29, 1.82) is 0 Å². The van der Waals surface area contributed by atoms with Gasteiger partial charge in [0.15, 0.2) is 0 Å². The molecule has 7 heteroatoms. The summed E-state index contributed by atoms with van der Waals surface area (Å²) >= 11 is 0. The third-order valence-corrected chi connectivity index (χ3v) is 5.92. The number of hydrogen-bond donors (Lipinski definition) is 1. The molecule has 1 N–H and O–H groups in total. The second-order valence-electron chi connectivity index (χ2n) is 8.39. The molecule has 4 rings (SSSR count). The Balaban J connectivity index is 1.47. The van der Waals surface area contributed by atoms with Crippen LogP contribution < -0.4 is 5.32 Å². The number of nitrogens with zero attached hydrogens (tertiary/aromatic N) is 2. The van der Waals surface area contributed by atoms with Crippen molar-refractivity contribution in [1.82, 2.24) is 9.97 Å². The molecule has 1 heterocycles. The van der Waals surface area contributed by atoms with E-state index in [1.165, 1.54) is 29.8 Å². The molecule has 0 saturated heterocycles. The first-order chi connectivity index (χ1) is 17.3. The number of benzene rings is 3. The van der Waals surface area contributed by atoms with E-state index in [0.29, 0.717) is 11.3 Å². The summed E-state index contributed by atoms with van der Waals surface area (Å²) in [5.41, 5.74) is 5.40. The Bertz CT molecular complexity index is 1380. The normalized spacial score (nSPS) is 11.2. The zero-order valence-corrected chi connectivity index (χ0v) is 20.0. The van der Waals surface area contributed by atoms with Crippen LogP contribution in [0.15, 0.2) is 85.2 Å². The first kappa shape index (κ1) is 24.9. The highest BCUT2D eigenvalue weighted by Gasteiger charge is 2.37. The van der Waals surface area contributed by atoms with Crippen molar-refractivity contribution in [2.45, 2.75) is 32.6 Å². The molecule has 1 aromatic heterocycles. The van der Waals surface area contributed by atoms with Gasteiger partial charge >= 0.3 is 5.92 Å². The van der Waals surface area contributed by atoms with Crippen molar-refractivity contribution in [2.24, 2.45) is 0 Å². The molecule has 0 fully saturated rings. The Morgan fingerprint density at radius 1 is 0.861 bits per heavy atom. The molecule has 0 aliphatic carbocycles. The van der Waals surface area contributed by atoms with Gasteiger partial charge in [0.2, 0.25) is 11.7 Å². The zero-order chi connectivity index (χ0) is 25.7. The number of hydrogen-bond acceptors (Lipinski definition) is 4. The van der Waals surface area contributed by atoms with Gasteiger partial charge < -0.3 is 5.32 Å². The lowest BCUT2D eigenvalue weighted by atomic mass is 9.98. The van der Waals surface area contributed by atoms with Crippen LogP contribution in [0.2, 0.25) is 0 Å². The summed E-state index contributed by atoms with van der Waals surface area (Å²) in [5, 5.41) is 2.82. The number of alkyl halides is 2. The number of amides is 1. The lowest BCUT2D eigenvalue weighted by Gasteiger charge is -2.13. The van der Waals surface area contributed by atoms with Crippen LogP contribution in [0.4, 0.5) is 14.5 Å². The fraction of sp³-hybridized carbons (Fsp3) is 0.172. The van der Waals surface area contributed by atoms with E-state index < -0.39 is 11.7 Å². The molecule has 0 aliphatic rings. The van der Waals surface area contributed by atoms with Crippen molar-refractivity contribution in [3.63, 3.8) is 0 Å². The van der Waals surface area contributed by atoms with Gasteiger partial charge in [0, 0.05) is 41.7 Å². The van der Waals surface area contributed by atoms with Gasteiger partial charge in [-0.05, 0) is 29.7 Å². The zero-order valence-electron chi connectivity index (χ0n) is 20.0. The van der Waals surface area contributed by atoms with E-state index in [9.17, 15) is 18.4 Å². The summed E-state index contributed by atoms with van der Waals surface area (Å²) in [5.74, 6) is -5.05. The number of rotatable bonds is 8. The van der Waals surface area contributed by atoms with Crippen molar-refractivity contribution in [2.75, 3.05) is 5.32 Å². The van der Waals surface area contributed by atoms with Crippen molar-refractivity contribution in [3.05, 3.63) is 102 Å². The van der Waals surface area contributed by atoms with Crippen molar-refractivity contribution in [3.8, 4) is 22.5 Å². The SMILES string of the molecule is CCc1ccccc1-c1nccnc1-c1ccc(NC(=O)Cc2ccc(C(F)(F)C(C)=O)cc2)cc1. The predicted octanol–water partition coefficient (Wildman–Crippen LogP) is 6.24. The van der Waals surface area contributed by atoms with Gasteiger partial charge in [0.25, 0.3) is 0 Å². The first-order valence-electron chi connectivity index (χ1n) is 11.6. The number of ketones is 1. The predicted molar refractivity (Wildman–Crippen MR) is 136 cm³/mol. The molecule has 0 radical (unpaired) electrons. The smallest absolute Gasteiger partial charge is 0.326 e. The maximum Gasteiger partial charge on any atom is 0.330 e. The molecule has 3 aromatic carbocycles. The van der Waals surface area contributed by atoms with Gasteiger partial charge in [-0.1, -0.05) is 67.6 Å². The Morgan fingerprint density at radius 2 is 1.50 bits per heavy atom. The summed E-state index contributed by atoms with van der Waals surface area (Å²) in [4.78, 5) is 32.8. The first-order valence-corrected chi connectivity index (χ1v) is 11.6. The Kier molecular flexibility index (Phi) is 7.29. The standard InChI is InChI=1S/C29H25F2N3O2/c1-3-21-6-4-5-7-25(21)28-27(32-16-17-33-28)22-10-14-24(15-11-22)34-26(36)18-20-8-12-23(13-9-20)29(30,31)19(2)35/h4-17H,3,18H2,1-2H3,(H,34,36). The van der Waals surface area contributed by atoms with Gasteiger partial charge in [-0.3, -0.25) is 19.6 Å². The average Bonchev–Trinajstić information content (AvgIpc) is 2.89. The number of carbonyl (C=O) groups is 2. The molecule has 0 saturated carbocycles. The Hall–Kier alpha value is -4.26. The van der Waals surface area contributed by atoms with Crippen LogP contribution in [-0.4, -0.2) is 21.7 Å². The molecule has 0 unspecified atom stereocenters. The number of Topliss-reactive ketones (excluding diaryl/α,β-unsaturated/α-hetero) is 1. The molecule has 5 nitrogen and oxygen atoms in total. The molecule has 0 aliphatic heterocycles. The lowest BCUT2D eigenvalue weighted by molar-refractivity contribution is -0.141. The molecule has 0 spiro atoms. The van der Waals surface area contributed by atoms with Crippen LogP contribution >= 0.6 is 0 Å². The highest BCUT2D eigenvalue weighted by Crippen LogP contribution is 2.32. The number of anilines is 1. The Morgan fingerprint density at radius 3 is 2.14 bits per heavy atom. The molecular weight excluding hydrogens is 460 g/mol. The number of aryl methyl sites for hydroxylation is 1. The van der Waals surface area contributed by atoms with E-state index in [-0.39, 0.29) is 17.9 Å². The number of nitrogens with one attached hydrogen (secondary N) is 1. The number of carbonyl (C=O) groups excluding carboxylic acids is 2. The van der Waals surface area contributed by atoms with Crippen LogP contribution in [-0.2, 0) is 28.4 Å². The van der Waals surface area contributed by atoms with Gasteiger partial charge in [-0.2, -0.15) is 8.78 Å². The van der Waals surface area contributed by atoms with Crippen molar-refractivity contribution < 1.29 is 18.4 Å². The minimum absolute atomic E-state index is 0.00971. The van der Waals surface area contributed by atoms with Gasteiger partial charge in [0.1, 0.15) is 0 Å². The molecule has 4 aromatic rings. The van der Waals surface area contributed by atoms with E-state index in [4.69, 9.17) is 0 Å². The summed E-state index contributed by atoms with van der Waals surface area (Å²) in [7, 11) is 0. The molecular formula is C29H25F2N3O2. The van der Waals surface area contributed by atoms with Gasteiger partial charge in [0.05, 0.1) is 17.8 Å². The third kappa shape index (κ3) is 5.35. The summed E-state index contributed by atoms with van der Waals surface area (Å²) in [6.45, 7) is 2.95. The Labute approximate surface area is 208 Å². The second-order valence-corrected chi connectivity index (χ2v) is 8.39. The molecule has 0 bridgehead atoms. The number of halogens is 2. The summed E-state index contributed by atoms with van der Waals surface area (Å²) < 4.78 is 27.7. The fourth-order valence-electron chi connectivity index (χ4n) is 3.94. The maximum absolute atomic E-state index is 13.8. The minimum Gasteiger partial charge on any atom is -0.326 e. The summed E-state index contributed by atoms with van der Waals surface area (Å²) in [6.07, 6.45) is 4.21. The second kappa shape index (κ2) is 10.6. The van der Waals surface area contributed by atoms with Crippen LogP contribution in [0.3, 0.4) is 0 Å². The highest BCUT2D eigenvalue weighted by atomic mass is 19.3. The van der Waals surface area contributed by atoms with E-state index in [2.05, 4.69) is 28.3 Å². The van der Waals surface area contributed by atoms with Gasteiger partial charge in [-0.15, -0.1) is 0 Å². The van der Waals surface area contributed by atoms with Crippen LogP contribution in [0.25, 0.3) is 22.5 Å². The van der Waals surface area contributed by atoms with Crippen LogP contribution in [0, 0.1) is 0 Å². The van der Waals surface area contributed by atoms with Crippen molar-refractivity contribution >= 4 is 17.4 Å². The van der Waals surface area contributed by atoms with Gasteiger partial charge in [-0.25, -0.2) is 0 Å². The van der Waals surface area contributed by atoms with Crippen LogP contribution in [0.5, 0.6) is 0 Å². The lowest BCUT2D eigenvalue weighted by Crippen LogP contribution is -2.23. The maximum atomic E-state index is 13.8. The quantitative estimate of drug-likeness (QED) is 0.321. The largest absolute Gasteiger partial charge is 0.330 e. The third-order valence-electron chi connectivity index (χ3n) is 5.92. The monoisotopic (exact) mass is 485 g/mol. The topological polar surface area (TPSA) is 72.0 Å². The van der Waals surface area contributed by atoms with E-state index in [1.54, 1.807) is 24.5 Å². The highest BCUT2D eigenvalue weighted by molar-refractivity contribution is 5.92. The molecule has 0 atom stereocenters. The van der Waals surface area contributed by atoms with E-state index >= 15 is 0 Å². The molecule has 36 heavy (non-hydrogen) atoms. The average molecular weight is 486 g/mol. The van der Waals surface area contributed by atoms with E-state index in [1.807, 2.05) is 30.3 Å². The minimum atomic E-state index is -3.54. The van der Waals surface area contributed by atoms with Crippen LogP contribution in [0.1, 0.15) is 30.5 Å². The van der Waals surface area contributed by atoms with E-state index in [0.717, 1.165) is 35.9 Å². The summed E-state index contributed by atoms with van der Waals surface area (Å²) in [6, 6.07) is 20.6. The molecule has 182 valence electrons.